The first-order valence-corrected chi connectivity index (χ1v) is 14.4. The molecule has 0 aliphatic heterocycles. The summed E-state index contributed by atoms with van der Waals surface area (Å²) in [6.07, 6.45) is -11.4. The molecule has 44 heavy (non-hydrogen) atoms. The third-order valence-corrected chi connectivity index (χ3v) is 6.91. The first kappa shape index (κ1) is 35.0. The smallest absolute Gasteiger partial charge is 0.493 e. The third-order valence-electron chi connectivity index (χ3n) is 6.91. The Balaban J connectivity index is 1.62. The van der Waals surface area contributed by atoms with Crippen LogP contribution in [-0.2, 0) is 38.9 Å². The van der Waals surface area contributed by atoms with Gasteiger partial charge in [0.2, 0.25) is 0 Å². The number of carbonyl (C=O) groups excluding carboxylic acids is 1. The van der Waals surface area contributed by atoms with Crippen LogP contribution in [0.25, 0.3) is 22.2 Å². The zero-order valence-corrected chi connectivity index (χ0v) is 24.9. The van der Waals surface area contributed by atoms with Crippen molar-refractivity contribution >= 4 is 16.9 Å². The van der Waals surface area contributed by atoms with Crippen molar-refractivity contribution in [3.05, 3.63) is 66.2 Å². The minimum atomic E-state index is -5.35. The second-order valence-corrected chi connectivity index (χ2v) is 10.3. The summed E-state index contributed by atoms with van der Waals surface area (Å²) in [5.74, 6) is -0.873. The van der Waals surface area contributed by atoms with E-state index in [2.05, 4.69) is 52.8 Å². The lowest BCUT2D eigenvalue weighted by atomic mass is 9.97. The predicted octanol–water partition coefficient (Wildman–Crippen LogP) is 8.80. The van der Waals surface area contributed by atoms with Gasteiger partial charge in [-0.15, -0.1) is 8.78 Å². The molecule has 0 aliphatic carbocycles. The van der Waals surface area contributed by atoms with Crippen molar-refractivity contribution in [2.45, 2.75) is 77.3 Å². The number of alkyl halides is 6. The number of benzene rings is 2. The molecule has 1 aromatic heterocycles. The second-order valence-electron chi connectivity index (χ2n) is 10.3. The van der Waals surface area contributed by atoms with E-state index in [1.54, 1.807) is 18.2 Å². The van der Waals surface area contributed by atoms with Crippen molar-refractivity contribution in [1.82, 2.24) is 4.57 Å². The van der Waals surface area contributed by atoms with Crippen molar-refractivity contribution < 1.29 is 50.1 Å². The molecule has 0 spiro atoms. The van der Waals surface area contributed by atoms with E-state index in [9.17, 15) is 31.1 Å². The number of hydrogen-bond donors (Lipinski definition) is 0. The average Bonchev–Trinajstić information content (AvgIpc) is 3.26. The standard InChI is InChI=1S/C32H37F6NO5/c1-5-8-9-10-22-11-14-26(23(6-2)19-22)28-20-24-12-13-25(21-27(24)39(28)4)41-17-15-30(33,34)43-32(37,38)44-31(35,36)16-18-42-29(40)7-3/h7,11-14,19-21H,3,5-6,8-10,15-18H2,1-2,4H3. The Labute approximate surface area is 252 Å². The van der Waals surface area contributed by atoms with Crippen LogP contribution in [0.5, 0.6) is 5.75 Å². The maximum absolute atomic E-state index is 14.1. The van der Waals surface area contributed by atoms with Crippen LogP contribution >= 0.6 is 0 Å². The minimum Gasteiger partial charge on any atom is -0.493 e. The van der Waals surface area contributed by atoms with Crippen LogP contribution in [0.15, 0.2) is 55.1 Å². The van der Waals surface area contributed by atoms with E-state index in [1.807, 2.05) is 17.7 Å². The van der Waals surface area contributed by atoms with Gasteiger partial charge in [0.25, 0.3) is 0 Å². The Kier molecular flexibility index (Phi) is 11.9. The molecule has 2 aromatic carbocycles. The van der Waals surface area contributed by atoms with Crippen molar-refractivity contribution in [1.29, 1.82) is 0 Å². The van der Waals surface area contributed by atoms with E-state index in [-0.39, 0.29) is 5.75 Å². The summed E-state index contributed by atoms with van der Waals surface area (Å²) in [6, 6.07) is 13.4. The van der Waals surface area contributed by atoms with E-state index >= 15 is 0 Å². The number of carbonyl (C=O) groups is 1. The van der Waals surface area contributed by atoms with Crippen LogP contribution < -0.4 is 4.74 Å². The van der Waals surface area contributed by atoms with Gasteiger partial charge < -0.3 is 14.0 Å². The van der Waals surface area contributed by atoms with Crippen LogP contribution in [-0.4, -0.2) is 42.3 Å². The monoisotopic (exact) mass is 629 g/mol. The third kappa shape index (κ3) is 10.0. The highest BCUT2D eigenvalue weighted by Gasteiger charge is 2.52. The van der Waals surface area contributed by atoms with E-state index in [4.69, 9.17) is 4.74 Å². The van der Waals surface area contributed by atoms with Crippen LogP contribution in [0.3, 0.4) is 0 Å². The zero-order chi connectivity index (χ0) is 32.5. The number of unbranched alkanes of at least 4 members (excludes halogenated alkanes) is 2. The first-order chi connectivity index (χ1) is 20.7. The molecule has 3 rings (SSSR count). The van der Waals surface area contributed by atoms with E-state index in [0.717, 1.165) is 47.8 Å². The molecule has 1 heterocycles. The molecule has 0 fully saturated rings. The Bertz CT molecular complexity index is 1420. The number of aryl methyl sites for hydroxylation is 3. The van der Waals surface area contributed by atoms with Crippen LogP contribution in [0.2, 0.25) is 0 Å². The lowest BCUT2D eigenvalue weighted by Crippen LogP contribution is -2.41. The number of fused-ring (bicyclic) bond motifs is 1. The fraction of sp³-hybridized carbons (Fsp3) is 0.469. The summed E-state index contributed by atoms with van der Waals surface area (Å²) in [7, 11) is 1.87. The molecule has 3 aromatic rings. The molecule has 12 heteroatoms. The number of aromatic nitrogens is 1. The number of ether oxygens (including phenoxy) is 4. The van der Waals surface area contributed by atoms with E-state index in [0.29, 0.717) is 6.08 Å². The van der Waals surface area contributed by atoms with Crippen LogP contribution in [0.4, 0.5) is 26.3 Å². The molecule has 0 unspecified atom stereocenters. The number of hydrogen-bond acceptors (Lipinski definition) is 5. The summed E-state index contributed by atoms with van der Waals surface area (Å²) < 4.78 is 101. The van der Waals surface area contributed by atoms with Gasteiger partial charge in [-0.3, -0.25) is 0 Å². The largest absolute Gasteiger partial charge is 0.494 e. The molecule has 0 amide bonds. The summed E-state index contributed by atoms with van der Waals surface area (Å²) in [5, 5.41) is 0.884. The predicted molar refractivity (Wildman–Crippen MR) is 154 cm³/mol. The van der Waals surface area contributed by atoms with Gasteiger partial charge in [-0.25, -0.2) is 14.3 Å². The quantitative estimate of drug-likeness (QED) is 0.0463. The van der Waals surface area contributed by atoms with Crippen LogP contribution in [0, 0.1) is 0 Å². The molecule has 0 N–H and O–H groups in total. The van der Waals surface area contributed by atoms with Gasteiger partial charge >= 0.3 is 24.5 Å². The Hall–Kier alpha value is -3.51. The second kappa shape index (κ2) is 15.0. The Morgan fingerprint density at radius 3 is 2.23 bits per heavy atom. The van der Waals surface area contributed by atoms with Gasteiger partial charge in [-0.05, 0) is 48.6 Å². The number of rotatable bonds is 18. The lowest BCUT2D eigenvalue weighted by molar-refractivity contribution is -0.514. The van der Waals surface area contributed by atoms with Crippen molar-refractivity contribution in [3.8, 4) is 17.0 Å². The molecule has 0 radical (unpaired) electrons. The van der Waals surface area contributed by atoms with Gasteiger partial charge in [0.1, 0.15) is 5.75 Å². The summed E-state index contributed by atoms with van der Waals surface area (Å²) in [5.41, 5.74) is 5.30. The number of nitrogens with zero attached hydrogens (tertiary/aromatic N) is 1. The van der Waals surface area contributed by atoms with E-state index in [1.165, 1.54) is 17.5 Å². The highest BCUT2D eigenvalue weighted by Crippen LogP contribution is 2.37. The molecular weight excluding hydrogens is 592 g/mol. The van der Waals surface area contributed by atoms with Crippen molar-refractivity contribution in [2.75, 3.05) is 13.2 Å². The summed E-state index contributed by atoms with van der Waals surface area (Å²) >= 11 is 0. The highest BCUT2D eigenvalue weighted by atomic mass is 19.3. The normalized spacial score (nSPS) is 12.5. The Morgan fingerprint density at radius 2 is 1.59 bits per heavy atom. The minimum absolute atomic E-state index is 0.201. The van der Waals surface area contributed by atoms with Gasteiger partial charge in [0, 0.05) is 35.8 Å². The van der Waals surface area contributed by atoms with Gasteiger partial charge in [-0.2, -0.15) is 17.6 Å². The number of halogens is 6. The van der Waals surface area contributed by atoms with Crippen LogP contribution in [0.1, 0.15) is 57.1 Å². The SMILES string of the molecule is C=CC(=O)OCCC(F)(F)OC(F)(F)OC(F)(F)CCOc1ccc2cc(-c3ccc(CCCCC)cc3CC)n(C)c2c1. The topological polar surface area (TPSA) is 58.9 Å². The van der Waals surface area contributed by atoms with Crippen molar-refractivity contribution in [2.24, 2.45) is 7.05 Å². The molecule has 0 aliphatic rings. The van der Waals surface area contributed by atoms with Gasteiger partial charge in [0.05, 0.1) is 31.6 Å². The molecule has 0 saturated carbocycles. The molecule has 0 saturated heterocycles. The molecule has 6 nitrogen and oxygen atoms in total. The fourth-order valence-corrected chi connectivity index (χ4v) is 4.67. The van der Waals surface area contributed by atoms with Crippen molar-refractivity contribution in [3.63, 3.8) is 0 Å². The number of esters is 1. The lowest BCUT2D eigenvalue weighted by Gasteiger charge is -2.26. The summed E-state index contributed by atoms with van der Waals surface area (Å²) in [4.78, 5) is 10.9. The summed E-state index contributed by atoms with van der Waals surface area (Å²) in [6.45, 7) is 5.52. The molecule has 0 bridgehead atoms. The van der Waals surface area contributed by atoms with E-state index < -0.39 is 50.5 Å². The first-order valence-electron chi connectivity index (χ1n) is 14.4. The molecular formula is C32H37F6NO5. The molecule has 242 valence electrons. The van der Waals surface area contributed by atoms with Gasteiger partial charge in [-0.1, -0.05) is 51.5 Å². The average molecular weight is 630 g/mol. The Morgan fingerprint density at radius 1 is 0.909 bits per heavy atom. The van der Waals surface area contributed by atoms with Gasteiger partial charge in [0.15, 0.2) is 0 Å². The fourth-order valence-electron chi connectivity index (χ4n) is 4.67. The maximum Gasteiger partial charge on any atom is 0.494 e. The molecule has 0 atom stereocenters. The zero-order valence-electron chi connectivity index (χ0n) is 24.9. The maximum atomic E-state index is 14.1. The highest BCUT2D eigenvalue weighted by molar-refractivity contribution is 5.88.